The number of thiol groups is 1. The molecular weight excluding hydrogens is 559 g/mol. The number of carbonyl (C=O) groups is 2. The van der Waals surface area contributed by atoms with Gasteiger partial charge < -0.3 is 0 Å². The molecule has 3 rings (SSSR count). The van der Waals surface area contributed by atoms with Gasteiger partial charge in [0.25, 0.3) is 0 Å². The van der Waals surface area contributed by atoms with E-state index in [4.69, 9.17) is 15.2 Å². The predicted octanol–water partition coefficient (Wildman–Crippen LogP) is 2.76. The fraction of sp³-hybridized carbons (Fsp3) is 0.259. The number of esters is 1. The molecule has 9 heteroatoms. The Kier molecular flexibility index (Phi) is 10.5. The molecule has 6 nitrogen and oxygen atoms in total. The number of benzene rings is 3. The summed E-state index contributed by atoms with van der Waals surface area (Å²) in [5.74, 6) is -0.789. The Morgan fingerprint density at radius 1 is 0.833 bits per heavy atom. The number of amides is 1. The van der Waals surface area contributed by atoms with E-state index in [0.717, 1.165) is 6.16 Å². The van der Waals surface area contributed by atoms with Crippen LogP contribution in [0.5, 0.6) is 0 Å². The summed E-state index contributed by atoms with van der Waals surface area (Å²) >= 11 is 8.34. The molecule has 0 saturated carbocycles. The van der Waals surface area contributed by atoms with E-state index < -0.39 is 23.2 Å². The van der Waals surface area contributed by atoms with Gasteiger partial charge in [-0.3, -0.25) is 0 Å². The van der Waals surface area contributed by atoms with Crippen LogP contribution in [0.3, 0.4) is 0 Å². The number of carbonyl (C=O) groups excluding carboxylic acids is 2. The molecule has 0 aliphatic carbocycles. The first-order chi connectivity index (χ1) is 17.4. The molecule has 0 fully saturated rings. The quantitative estimate of drug-likeness (QED) is 0.123. The Labute approximate surface area is 226 Å². The average molecular weight is 592 g/mol. The van der Waals surface area contributed by atoms with Crippen LogP contribution in [0.4, 0.5) is 0 Å². The van der Waals surface area contributed by atoms with Crippen LogP contribution in [0.25, 0.3) is 0 Å². The monoisotopic (exact) mass is 590 g/mol. The van der Waals surface area contributed by atoms with Crippen molar-refractivity contribution in [3.8, 4) is 0 Å². The van der Waals surface area contributed by atoms with Crippen molar-refractivity contribution in [3.05, 3.63) is 91.0 Å². The van der Waals surface area contributed by atoms with Crippen LogP contribution >= 0.6 is 33.4 Å². The number of hydrogen-bond donors (Lipinski definition) is 3. The summed E-state index contributed by atoms with van der Waals surface area (Å²) in [6, 6.07) is 30.7. The number of nitrogens with two attached hydrogens (primary N) is 1. The predicted molar refractivity (Wildman–Crippen MR) is 156 cm³/mol. The Morgan fingerprint density at radius 2 is 1.31 bits per heavy atom. The van der Waals surface area contributed by atoms with Crippen molar-refractivity contribution in [1.82, 2.24) is 5.32 Å². The van der Waals surface area contributed by atoms with Gasteiger partial charge in [0.1, 0.15) is 0 Å². The summed E-state index contributed by atoms with van der Waals surface area (Å²) in [5.41, 5.74) is 5.57. The van der Waals surface area contributed by atoms with Gasteiger partial charge in [-0.1, -0.05) is 0 Å². The molecule has 3 N–H and O–H groups in total. The number of halogens is 1. The molecule has 0 aliphatic rings. The Hall–Kier alpha value is -2.22. The summed E-state index contributed by atoms with van der Waals surface area (Å²) < 4.78 is 11.1. The maximum absolute atomic E-state index is 11.9. The number of hydrogen-bond acceptors (Lipinski definition) is 6. The van der Waals surface area contributed by atoms with E-state index in [0.29, 0.717) is 6.61 Å². The van der Waals surface area contributed by atoms with E-state index >= 15 is 0 Å². The molecule has 0 radical (unpaired) electrons. The van der Waals surface area contributed by atoms with Crippen molar-refractivity contribution in [2.24, 2.45) is 5.73 Å². The molecular formula is C27H32BrN2O4PS. The van der Waals surface area contributed by atoms with Gasteiger partial charge in [-0.25, -0.2) is 0 Å². The SMILES string of the molecule is N[C@@H](CS)C(=O)NCC(=O)OCCOCCP(Br)(c1ccccc1)(c1ccccc1)c1ccccc1. The summed E-state index contributed by atoms with van der Waals surface area (Å²) in [4.78, 5) is 23.6. The zero-order valence-electron chi connectivity index (χ0n) is 20.0. The minimum absolute atomic E-state index is 0.0909. The molecule has 192 valence electrons. The number of ether oxygens (including phenoxy) is 2. The van der Waals surface area contributed by atoms with Crippen molar-refractivity contribution in [3.63, 3.8) is 0 Å². The third-order valence-corrected chi connectivity index (χ3v) is 16.3. The summed E-state index contributed by atoms with van der Waals surface area (Å²) in [6.07, 6.45) is 0.718. The second-order valence-electron chi connectivity index (χ2n) is 8.25. The van der Waals surface area contributed by atoms with Gasteiger partial charge in [0.15, 0.2) is 0 Å². The van der Waals surface area contributed by atoms with E-state index in [2.05, 4.69) is 106 Å². The van der Waals surface area contributed by atoms with Crippen LogP contribution in [-0.4, -0.2) is 56.2 Å². The molecule has 0 bridgehead atoms. The van der Waals surface area contributed by atoms with Gasteiger partial charge in [0.05, 0.1) is 0 Å². The number of nitrogens with one attached hydrogen (secondary N) is 1. The van der Waals surface area contributed by atoms with Crippen LogP contribution in [0, 0.1) is 0 Å². The van der Waals surface area contributed by atoms with E-state index in [1.54, 1.807) is 0 Å². The third-order valence-electron chi connectivity index (χ3n) is 5.97. The number of rotatable bonds is 13. The first kappa shape index (κ1) is 28.4. The van der Waals surface area contributed by atoms with Crippen molar-refractivity contribution in [2.75, 3.05) is 38.3 Å². The Bertz CT molecular complexity index is 1020. The molecule has 1 amide bonds. The van der Waals surface area contributed by atoms with Gasteiger partial charge >= 0.3 is 214 Å². The zero-order chi connectivity index (χ0) is 25.9. The van der Waals surface area contributed by atoms with Crippen LogP contribution < -0.4 is 27.0 Å². The topological polar surface area (TPSA) is 90.7 Å². The van der Waals surface area contributed by atoms with Crippen molar-refractivity contribution in [1.29, 1.82) is 0 Å². The first-order valence-corrected chi connectivity index (χ1v) is 16.7. The molecule has 0 aromatic heterocycles. The molecule has 0 unspecified atom stereocenters. The van der Waals surface area contributed by atoms with E-state index in [-0.39, 0.29) is 25.5 Å². The van der Waals surface area contributed by atoms with Crippen molar-refractivity contribution >= 4 is 61.2 Å². The molecule has 0 saturated heterocycles. The minimum atomic E-state index is -3.05. The van der Waals surface area contributed by atoms with E-state index in [1.165, 1.54) is 15.9 Å². The van der Waals surface area contributed by atoms with Crippen molar-refractivity contribution in [2.45, 2.75) is 6.04 Å². The molecule has 36 heavy (non-hydrogen) atoms. The van der Waals surface area contributed by atoms with Gasteiger partial charge in [-0.15, -0.1) is 0 Å². The Balaban J connectivity index is 1.69. The molecule has 0 spiro atoms. The molecule has 3 aromatic rings. The summed E-state index contributed by atoms with van der Waals surface area (Å²) in [6.45, 7) is 0.544. The summed E-state index contributed by atoms with van der Waals surface area (Å²) in [7, 11) is 0. The van der Waals surface area contributed by atoms with Crippen LogP contribution in [0.15, 0.2) is 91.0 Å². The summed E-state index contributed by atoms with van der Waals surface area (Å²) in [5, 5.41) is 3.03. The van der Waals surface area contributed by atoms with Gasteiger partial charge in [-0.05, 0) is 0 Å². The zero-order valence-corrected chi connectivity index (χ0v) is 23.3. The van der Waals surface area contributed by atoms with Crippen LogP contribution in [0.2, 0.25) is 0 Å². The van der Waals surface area contributed by atoms with Crippen molar-refractivity contribution < 1.29 is 19.1 Å². The third kappa shape index (κ3) is 6.55. The van der Waals surface area contributed by atoms with Crippen LogP contribution in [-0.2, 0) is 19.1 Å². The van der Waals surface area contributed by atoms with Gasteiger partial charge in [-0.2, -0.15) is 12.6 Å². The van der Waals surface area contributed by atoms with E-state index in [9.17, 15) is 9.59 Å². The fourth-order valence-electron chi connectivity index (χ4n) is 4.03. The Morgan fingerprint density at radius 3 is 1.75 bits per heavy atom. The standard InChI is InChI=1S/C27H32BrN2O4PS/c28-35(22-10-4-1-5-11-22,23-12-6-2-7-13-23,24-14-8-3-9-15-24)19-18-33-16-17-34-26(31)20-30-27(32)25(29)21-36/h1-15,25,36H,16-21,29H2,(H,30,32)/t25-/m0/s1. The second kappa shape index (κ2) is 13.4. The normalized spacial score (nSPS) is 13.2. The van der Waals surface area contributed by atoms with E-state index in [1.807, 2.05) is 18.2 Å². The molecule has 0 heterocycles. The molecule has 0 aliphatic heterocycles. The van der Waals surface area contributed by atoms with Crippen LogP contribution in [0.1, 0.15) is 0 Å². The molecule has 3 aromatic carbocycles. The van der Waals surface area contributed by atoms with Gasteiger partial charge in [0, 0.05) is 0 Å². The molecule has 1 atom stereocenters. The first-order valence-electron chi connectivity index (χ1n) is 11.7. The second-order valence-corrected chi connectivity index (χ2v) is 17.7. The fourth-order valence-corrected chi connectivity index (χ4v) is 11.3. The van der Waals surface area contributed by atoms with Gasteiger partial charge in [0.2, 0.25) is 0 Å². The maximum atomic E-state index is 11.9. The average Bonchev–Trinajstić information content (AvgIpc) is 2.94.